The maximum atomic E-state index is 13.3. The first-order valence-corrected chi connectivity index (χ1v) is 10.6. The normalized spacial score (nSPS) is 18.5. The highest BCUT2D eigenvalue weighted by molar-refractivity contribution is 8.00. The number of hydrogen-bond acceptors (Lipinski definition) is 4. The lowest BCUT2D eigenvalue weighted by Gasteiger charge is -2.30. The van der Waals surface area contributed by atoms with Gasteiger partial charge in [0, 0.05) is 20.1 Å². The minimum atomic E-state index is -0.307. The van der Waals surface area contributed by atoms with E-state index in [0.29, 0.717) is 16.5 Å². The Morgan fingerprint density at radius 2 is 2.19 bits per heavy atom. The van der Waals surface area contributed by atoms with Gasteiger partial charge in [0.15, 0.2) is 4.80 Å². The molecule has 1 fully saturated rings. The van der Waals surface area contributed by atoms with Crippen molar-refractivity contribution in [3.05, 3.63) is 28.8 Å². The number of nitrogens with zero attached hydrogens (tertiary/aromatic N) is 3. The van der Waals surface area contributed by atoms with Gasteiger partial charge in [-0.25, -0.2) is 4.39 Å². The maximum Gasteiger partial charge on any atom is 0.258 e. The van der Waals surface area contributed by atoms with E-state index >= 15 is 0 Å². The summed E-state index contributed by atoms with van der Waals surface area (Å²) in [6.45, 7) is 3.79. The number of thiazole rings is 1. The fraction of sp³-hybridized carbons (Fsp3) is 0.500. The van der Waals surface area contributed by atoms with Crippen LogP contribution in [0.2, 0.25) is 0 Å². The lowest BCUT2D eigenvalue weighted by Crippen LogP contribution is -2.40. The topological polar surface area (TPSA) is 54.7 Å². The van der Waals surface area contributed by atoms with Crippen LogP contribution in [0.15, 0.2) is 23.2 Å². The SMILES string of the molecule is CC1CCCN(C(=O)CSCC(=O)N=c2sc3cc(F)ccc3n2C)C1. The number of benzene rings is 1. The fourth-order valence-electron chi connectivity index (χ4n) is 3.09. The zero-order valence-electron chi connectivity index (χ0n) is 14.9. The smallest absolute Gasteiger partial charge is 0.258 e. The molecular formula is C18H22FN3O2S2. The average molecular weight is 396 g/mol. The summed E-state index contributed by atoms with van der Waals surface area (Å²) in [6, 6.07) is 4.51. The number of fused-ring (bicyclic) bond motifs is 1. The van der Waals surface area contributed by atoms with Crippen molar-refractivity contribution in [2.24, 2.45) is 18.0 Å². The van der Waals surface area contributed by atoms with Gasteiger partial charge in [-0.1, -0.05) is 18.3 Å². The zero-order valence-corrected chi connectivity index (χ0v) is 16.5. The summed E-state index contributed by atoms with van der Waals surface area (Å²) in [5.74, 6) is 0.523. The van der Waals surface area contributed by atoms with Crippen molar-refractivity contribution >= 4 is 45.1 Å². The van der Waals surface area contributed by atoms with Gasteiger partial charge in [-0.05, 0) is 37.0 Å². The second-order valence-electron chi connectivity index (χ2n) is 6.64. The Bertz CT molecular complexity index is 890. The maximum absolute atomic E-state index is 13.3. The number of likely N-dealkylation sites (tertiary alicyclic amines) is 1. The Hall–Kier alpha value is -1.67. The van der Waals surface area contributed by atoms with E-state index in [9.17, 15) is 14.0 Å². The van der Waals surface area contributed by atoms with E-state index in [-0.39, 0.29) is 23.4 Å². The molecule has 0 N–H and O–H groups in total. The van der Waals surface area contributed by atoms with Crippen LogP contribution in [0.25, 0.3) is 10.2 Å². The number of piperidine rings is 1. The molecule has 140 valence electrons. The fourth-order valence-corrected chi connectivity index (χ4v) is 4.85. The van der Waals surface area contributed by atoms with Crippen LogP contribution in [0.3, 0.4) is 0 Å². The largest absolute Gasteiger partial charge is 0.342 e. The van der Waals surface area contributed by atoms with Gasteiger partial charge < -0.3 is 9.47 Å². The summed E-state index contributed by atoms with van der Waals surface area (Å²) >= 11 is 2.58. The molecule has 8 heteroatoms. The number of carbonyl (C=O) groups excluding carboxylic acids is 2. The Morgan fingerprint density at radius 3 is 2.96 bits per heavy atom. The molecular weight excluding hydrogens is 373 g/mol. The van der Waals surface area contributed by atoms with Gasteiger partial charge in [-0.3, -0.25) is 9.59 Å². The number of halogens is 1. The van der Waals surface area contributed by atoms with Crippen molar-refractivity contribution in [2.45, 2.75) is 19.8 Å². The molecule has 1 atom stereocenters. The summed E-state index contributed by atoms with van der Waals surface area (Å²) in [6.07, 6.45) is 2.22. The van der Waals surface area contributed by atoms with E-state index in [0.717, 1.165) is 29.7 Å². The molecule has 1 saturated heterocycles. The second kappa shape index (κ2) is 8.35. The summed E-state index contributed by atoms with van der Waals surface area (Å²) in [7, 11) is 1.80. The number of carbonyl (C=O) groups is 2. The first kappa shape index (κ1) is 19.1. The minimum Gasteiger partial charge on any atom is -0.342 e. The standard InChI is InChI=1S/C18H22FN3O2S2/c1-12-4-3-7-22(9-12)17(24)11-25-10-16(23)20-18-21(2)14-6-5-13(19)8-15(14)26-18/h5-6,8,12H,3-4,7,9-11H2,1-2H3. The van der Waals surface area contributed by atoms with Crippen LogP contribution >= 0.6 is 23.1 Å². The highest BCUT2D eigenvalue weighted by Crippen LogP contribution is 2.18. The lowest BCUT2D eigenvalue weighted by molar-refractivity contribution is -0.130. The molecule has 26 heavy (non-hydrogen) atoms. The molecule has 0 spiro atoms. The predicted octanol–water partition coefficient (Wildman–Crippen LogP) is 2.80. The van der Waals surface area contributed by atoms with Crippen LogP contribution < -0.4 is 4.80 Å². The molecule has 1 aromatic heterocycles. The zero-order chi connectivity index (χ0) is 18.7. The quantitative estimate of drug-likeness (QED) is 0.800. The van der Waals surface area contributed by atoms with Crippen molar-refractivity contribution in [3.63, 3.8) is 0 Å². The number of aromatic nitrogens is 1. The minimum absolute atomic E-state index is 0.0947. The molecule has 5 nitrogen and oxygen atoms in total. The van der Waals surface area contributed by atoms with Crippen LogP contribution in [0.5, 0.6) is 0 Å². The Morgan fingerprint density at radius 1 is 1.38 bits per heavy atom. The predicted molar refractivity (Wildman–Crippen MR) is 104 cm³/mol. The molecule has 2 aromatic rings. The van der Waals surface area contributed by atoms with E-state index < -0.39 is 0 Å². The van der Waals surface area contributed by atoms with Crippen LogP contribution in [0, 0.1) is 11.7 Å². The second-order valence-corrected chi connectivity index (χ2v) is 8.64. The molecule has 3 rings (SSSR count). The van der Waals surface area contributed by atoms with Gasteiger partial charge in [0.1, 0.15) is 5.82 Å². The van der Waals surface area contributed by atoms with E-state index in [1.54, 1.807) is 17.7 Å². The molecule has 0 saturated carbocycles. The van der Waals surface area contributed by atoms with Gasteiger partial charge in [0.05, 0.1) is 21.7 Å². The molecule has 0 bridgehead atoms. The van der Waals surface area contributed by atoms with Gasteiger partial charge in [-0.2, -0.15) is 4.99 Å². The summed E-state index contributed by atoms with van der Waals surface area (Å²) in [5.41, 5.74) is 0.838. The van der Waals surface area contributed by atoms with Crippen molar-refractivity contribution in [2.75, 3.05) is 24.6 Å². The average Bonchev–Trinajstić information content (AvgIpc) is 2.89. The number of rotatable bonds is 4. The number of thioether (sulfide) groups is 1. The number of aryl methyl sites for hydroxylation is 1. The van der Waals surface area contributed by atoms with E-state index in [1.807, 2.05) is 4.90 Å². The van der Waals surface area contributed by atoms with Gasteiger partial charge >= 0.3 is 0 Å². The monoisotopic (exact) mass is 395 g/mol. The first-order chi connectivity index (χ1) is 12.4. The Balaban J connectivity index is 1.58. The van der Waals surface area contributed by atoms with Gasteiger partial charge in [-0.15, -0.1) is 11.8 Å². The van der Waals surface area contributed by atoms with Gasteiger partial charge in [0.2, 0.25) is 5.91 Å². The molecule has 2 heterocycles. The molecule has 1 aromatic carbocycles. The van der Waals surface area contributed by atoms with Crippen molar-refractivity contribution in [1.82, 2.24) is 9.47 Å². The van der Waals surface area contributed by atoms with Crippen LogP contribution in [-0.2, 0) is 16.6 Å². The third-order valence-electron chi connectivity index (χ3n) is 4.45. The molecule has 1 aliphatic rings. The van der Waals surface area contributed by atoms with E-state index in [1.165, 1.54) is 41.7 Å². The number of amides is 2. The van der Waals surface area contributed by atoms with Crippen molar-refractivity contribution in [1.29, 1.82) is 0 Å². The Kier molecular flexibility index (Phi) is 6.13. The lowest BCUT2D eigenvalue weighted by atomic mass is 10.0. The number of hydrogen-bond donors (Lipinski definition) is 0. The highest BCUT2D eigenvalue weighted by Gasteiger charge is 2.20. The van der Waals surface area contributed by atoms with Gasteiger partial charge in [0.25, 0.3) is 5.91 Å². The highest BCUT2D eigenvalue weighted by atomic mass is 32.2. The molecule has 2 amide bonds. The molecule has 1 unspecified atom stereocenters. The molecule has 0 aliphatic carbocycles. The molecule has 0 radical (unpaired) electrons. The Labute approximate surface area is 159 Å². The van der Waals surface area contributed by atoms with Crippen molar-refractivity contribution in [3.8, 4) is 0 Å². The molecule has 1 aliphatic heterocycles. The first-order valence-electron chi connectivity index (χ1n) is 8.62. The summed E-state index contributed by atoms with van der Waals surface area (Å²) in [4.78, 5) is 30.9. The summed E-state index contributed by atoms with van der Waals surface area (Å²) in [5, 5.41) is 0. The van der Waals surface area contributed by atoms with Crippen LogP contribution in [-0.4, -0.2) is 45.9 Å². The van der Waals surface area contributed by atoms with E-state index in [2.05, 4.69) is 11.9 Å². The van der Waals surface area contributed by atoms with E-state index in [4.69, 9.17) is 0 Å². The third kappa shape index (κ3) is 4.54. The van der Waals surface area contributed by atoms with Crippen molar-refractivity contribution < 1.29 is 14.0 Å². The van der Waals surface area contributed by atoms with Crippen LogP contribution in [0.4, 0.5) is 4.39 Å². The third-order valence-corrected chi connectivity index (χ3v) is 6.45. The summed E-state index contributed by atoms with van der Waals surface area (Å²) < 4.78 is 15.9. The van der Waals surface area contributed by atoms with Crippen LogP contribution in [0.1, 0.15) is 19.8 Å².